The predicted molar refractivity (Wildman–Crippen MR) is 84.2 cm³/mol. The van der Waals surface area contributed by atoms with Gasteiger partial charge in [0.2, 0.25) is 0 Å². The summed E-state index contributed by atoms with van der Waals surface area (Å²) in [6.07, 6.45) is 0. The Kier molecular flexibility index (Phi) is 5.69. The fraction of sp³-hybridized carbons (Fsp3) is 0.235. The van der Waals surface area contributed by atoms with Crippen LogP contribution in [0.5, 0.6) is 5.75 Å². The van der Waals surface area contributed by atoms with Crippen LogP contribution in [-0.4, -0.2) is 16.8 Å². The molecule has 0 aliphatic rings. The van der Waals surface area contributed by atoms with Crippen LogP contribution in [-0.2, 0) is 16.1 Å². The van der Waals surface area contributed by atoms with Crippen molar-refractivity contribution in [1.82, 2.24) is 0 Å². The molecule has 0 saturated heterocycles. The van der Waals surface area contributed by atoms with E-state index >= 15 is 0 Å². The van der Waals surface area contributed by atoms with Gasteiger partial charge in [0.1, 0.15) is 12.4 Å². The maximum Gasteiger partial charge on any atom is 0.309 e. The number of benzene rings is 2. The smallest absolute Gasteiger partial charge is 0.309 e. The minimum atomic E-state index is -0.224. The second kappa shape index (κ2) is 7.74. The van der Waals surface area contributed by atoms with Gasteiger partial charge in [-0.1, -0.05) is 49.4 Å². The molecule has 0 spiro atoms. The number of phenols is 1. The van der Waals surface area contributed by atoms with Crippen LogP contribution in [0.3, 0.4) is 0 Å². The number of esters is 1. The average molecular weight is 302 g/mol. The summed E-state index contributed by atoms with van der Waals surface area (Å²) in [6.45, 7) is 2.13. The van der Waals surface area contributed by atoms with Crippen LogP contribution >= 0.6 is 11.8 Å². The standard InChI is InChI=1S/C17H18O3S/c1-13(12-21-16-10-6-5-9-15(16)18)17(19)20-11-14-7-3-2-4-8-14/h2-10,13,18H,11-12H2,1H3. The Bertz CT molecular complexity index is 584. The number of hydrogen-bond acceptors (Lipinski definition) is 4. The van der Waals surface area contributed by atoms with E-state index in [2.05, 4.69) is 0 Å². The average Bonchev–Trinajstić information content (AvgIpc) is 2.52. The number of para-hydroxylation sites is 1. The summed E-state index contributed by atoms with van der Waals surface area (Å²) in [6, 6.07) is 16.7. The lowest BCUT2D eigenvalue weighted by molar-refractivity contribution is -0.148. The normalized spacial score (nSPS) is 11.9. The number of carbonyl (C=O) groups excluding carboxylic acids is 1. The molecule has 110 valence electrons. The summed E-state index contributed by atoms with van der Waals surface area (Å²) in [5, 5.41) is 9.68. The Morgan fingerprint density at radius 2 is 1.81 bits per heavy atom. The molecule has 0 aliphatic heterocycles. The molecule has 0 amide bonds. The first-order chi connectivity index (χ1) is 10.2. The number of ether oxygens (including phenoxy) is 1. The molecule has 1 atom stereocenters. The van der Waals surface area contributed by atoms with Crippen LogP contribution in [0.15, 0.2) is 59.5 Å². The first-order valence-corrected chi connectivity index (χ1v) is 7.76. The van der Waals surface area contributed by atoms with Crippen molar-refractivity contribution in [3.8, 4) is 5.75 Å². The van der Waals surface area contributed by atoms with E-state index in [0.717, 1.165) is 10.5 Å². The first-order valence-electron chi connectivity index (χ1n) is 6.78. The summed E-state index contributed by atoms with van der Waals surface area (Å²) >= 11 is 1.45. The number of hydrogen-bond donors (Lipinski definition) is 1. The SMILES string of the molecule is CC(CSc1ccccc1O)C(=O)OCc1ccccc1. The van der Waals surface area contributed by atoms with Gasteiger partial charge in [-0.15, -0.1) is 11.8 Å². The molecule has 0 fully saturated rings. The monoisotopic (exact) mass is 302 g/mol. The Hall–Kier alpha value is -1.94. The Morgan fingerprint density at radius 1 is 1.14 bits per heavy atom. The van der Waals surface area contributed by atoms with Crippen molar-refractivity contribution in [2.45, 2.75) is 18.4 Å². The van der Waals surface area contributed by atoms with E-state index in [4.69, 9.17) is 4.74 Å². The van der Waals surface area contributed by atoms with E-state index < -0.39 is 0 Å². The lowest BCUT2D eigenvalue weighted by Crippen LogP contribution is -2.16. The molecule has 4 heteroatoms. The van der Waals surface area contributed by atoms with E-state index in [-0.39, 0.29) is 17.6 Å². The summed E-state index contributed by atoms with van der Waals surface area (Å²) in [4.78, 5) is 12.7. The Labute approximate surface area is 129 Å². The van der Waals surface area contributed by atoms with E-state index in [0.29, 0.717) is 12.4 Å². The number of thioether (sulfide) groups is 1. The quantitative estimate of drug-likeness (QED) is 0.650. The van der Waals surface area contributed by atoms with Crippen LogP contribution in [0.4, 0.5) is 0 Å². The first kappa shape index (κ1) is 15.4. The molecule has 0 aromatic heterocycles. The molecule has 0 bridgehead atoms. The van der Waals surface area contributed by atoms with Gasteiger partial charge in [-0.05, 0) is 17.7 Å². The number of carbonyl (C=O) groups is 1. The number of phenolic OH excluding ortho intramolecular Hbond substituents is 1. The fourth-order valence-corrected chi connectivity index (χ4v) is 2.69. The molecule has 2 aromatic carbocycles. The van der Waals surface area contributed by atoms with Crippen molar-refractivity contribution in [3.05, 3.63) is 60.2 Å². The third-order valence-electron chi connectivity index (χ3n) is 2.98. The van der Waals surface area contributed by atoms with Gasteiger partial charge in [-0.3, -0.25) is 4.79 Å². The third-order valence-corrected chi connectivity index (χ3v) is 4.30. The summed E-state index contributed by atoms with van der Waals surface area (Å²) in [5.41, 5.74) is 0.978. The third kappa shape index (κ3) is 4.83. The van der Waals surface area contributed by atoms with Gasteiger partial charge < -0.3 is 9.84 Å². The van der Waals surface area contributed by atoms with Gasteiger partial charge >= 0.3 is 5.97 Å². The van der Waals surface area contributed by atoms with Gasteiger partial charge in [0.05, 0.1) is 5.92 Å². The lowest BCUT2D eigenvalue weighted by atomic mass is 10.2. The highest BCUT2D eigenvalue weighted by molar-refractivity contribution is 7.99. The number of rotatable bonds is 6. The molecule has 1 unspecified atom stereocenters. The minimum absolute atomic E-state index is 0.221. The molecule has 2 aromatic rings. The van der Waals surface area contributed by atoms with Gasteiger partial charge in [0.15, 0.2) is 0 Å². The van der Waals surface area contributed by atoms with Crippen LogP contribution in [0, 0.1) is 5.92 Å². The topological polar surface area (TPSA) is 46.5 Å². The predicted octanol–water partition coefficient (Wildman–Crippen LogP) is 3.86. The van der Waals surface area contributed by atoms with Crippen molar-refractivity contribution < 1.29 is 14.6 Å². The van der Waals surface area contributed by atoms with Gasteiger partial charge in [-0.2, -0.15) is 0 Å². The fourth-order valence-electron chi connectivity index (χ4n) is 1.73. The highest BCUT2D eigenvalue weighted by atomic mass is 32.2. The highest BCUT2D eigenvalue weighted by Gasteiger charge is 2.15. The van der Waals surface area contributed by atoms with Crippen molar-refractivity contribution in [2.75, 3.05) is 5.75 Å². The molecule has 0 saturated carbocycles. The van der Waals surface area contributed by atoms with E-state index in [1.165, 1.54) is 11.8 Å². The molecule has 21 heavy (non-hydrogen) atoms. The van der Waals surface area contributed by atoms with Gasteiger partial charge in [0, 0.05) is 10.6 Å². The van der Waals surface area contributed by atoms with Crippen LogP contribution in [0.1, 0.15) is 12.5 Å². The minimum Gasteiger partial charge on any atom is -0.507 e. The Balaban J connectivity index is 1.79. The maximum atomic E-state index is 11.9. The molecule has 2 rings (SSSR count). The molecule has 0 aliphatic carbocycles. The van der Waals surface area contributed by atoms with Crippen molar-refractivity contribution in [3.63, 3.8) is 0 Å². The largest absolute Gasteiger partial charge is 0.507 e. The second-order valence-corrected chi connectivity index (χ2v) is 5.83. The van der Waals surface area contributed by atoms with E-state index in [1.54, 1.807) is 12.1 Å². The zero-order valence-electron chi connectivity index (χ0n) is 11.9. The van der Waals surface area contributed by atoms with E-state index in [1.807, 2.05) is 49.4 Å². The summed E-state index contributed by atoms with van der Waals surface area (Å²) in [7, 11) is 0. The zero-order valence-corrected chi connectivity index (χ0v) is 12.7. The molecular formula is C17H18O3S. The van der Waals surface area contributed by atoms with Gasteiger partial charge in [-0.25, -0.2) is 0 Å². The molecule has 3 nitrogen and oxygen atoms in total. The lowest BCUT2D eigenvalue weighted by Gasteiger charge is -2.11. The van der Waals surface area contributed by atoms with Gasteiger partial charge in [0.25, 0.3) is 0 Å². The maximum absolute atomic E-state index is 11.9. The Morgan fingerprint density at radius 3 is 2.52 bits per heavy atom. The van der Waals surface area contributed by atoms with E-state index in [9.17, 15) is 9.90 Å². The van der Waals surface area contributed by atoms with Crippen LogP contribution in [0.2, 0.25) is 0 Å². The summed E-state index contributed by atoms with van der Waals surface area (Å²) < 4.78 is 5.29. The molecule has 0 radical (unpaired) electrons. The molecule has 0 heterocycles. The van der Waals surface area contributed by atoms with Crippen LogP contribution < -0.4 is 0 Å². The highest BCUT2D eigenvalue weighted by Crippen LogP contribution is 2.29. The van der Waals surface area contributed by atoms with Crippen molar-refractivity contribution in [2.24, 2.45) is 5.92 Å². The molecule has 1 N–H and O–H groups in total. The number of aromatic hydroxyl groups is 1. The second-order valence-electron chi connectivity index (χ2n) is 4.77. The van der Waals surface area contributed by atoms with Crippen molar-refractivity contribution >= 4 is 17.7 Å². The van der Waals surface area contributed by atoms with Crippen molar-refractivity contribution in [1.29, 1.82) is 0 Å². The van der Waals surface area contributed by atoms with Crippen LogP contribution in [0.25, 0.3) is 0 Å². The molecular weight excluding hydrogens is 284 g/mol. The zero-order chi connectivity index (χ0) is 15.1. The summed E-state index contributed by atoms with van der Waals surface area (Å²) in [5.74, 6) is 0.373.